The highest BCUT2D eigenvalue weighted by Gasteiger charge is 2.05. The van der Waals surface area contributed by atoms with Crippen molar-refractivity contribution < 1.29 is 0 Å². The molecule has 4 rings (SSSR count). The summed E-state index contributed by atoms with van der Waals surface area (Å²) in [6, 6.07) is 26.5. The van der Waals surface area contributed by atoms with Crippen LogP contribution < -0.4 is 0 Å². The van der Waals surface area contributed by atoms with Crippen LogP contribution in [0.1, 0.15) is 11.1 Å². The van der Waals surface area contributed by atoms with E-state index < -0.39 is 0 Å². The van der Waals surface area contributed by atoms with Gasteiger partial charge in [-0.15, -0.1) is 11.3 Å². The molecule has 0 unspecified atom stereocenters. The molecular formula is C21H13NS. The third-order valence-corrected chi connectivity index (χ3v) is 4.60. The van der Waals surface area contributed by atoms with Crippen LogP contribution >= 0.6 is 11.3 Å². The normalized spacial score (nSPS) is 10.3. The first kappa shape index (κ1) is 13.8. The molecule has 0 aliphatic rings. The smallest absolute Gasteiger partial charge is 0.124 e. The third kappa shape index (κ3) is 3.01. The molecule has 23 heavy (non-hydrogen) atoms. The second-order valence-corrected chi connectivity index (χ2v) is 6.21. The van der Waals surface area contributed by atoms with Gasteiger partial charge in [-0.1, -0.05) is 60.4 Å². The molecule has 0 radical (unpaired) electrons. The molecule has 0 aliphatic heterocycles. The minimum Gasteiger partial charge on any atom is -0.236 e. The number of hydrogen-bond acceptors (Lipinski definition) is 2. The lowest BCUT2D eigenvalue weighted by Crippen LogP contribution is -1.76. The monoisotopic (exact) mass is 311 g/mol. The Balaban J connectivity index is 1.70. The van der Waals surface area contributed by atoms with Gasteiger partial charge in [-0.25, -0.2) is 4.98 Å². The molecule has 0 N–H and O–H groups in total. The van der Waals surface area contributed by atoms with Gasteiger partial charge in [0.1, 0.15) is 5.01 Å². The summed E-state index contributed by atoms with van der Waals surface area (Å²) >= 11 is 1.71. The van der Waals surface area contributed by atoms with E-state index in [1.807, 2.05) is 60.7 Å². The lowest BCUT2D eigenvalue weighted by atomic mass is 10.2. The van der Waals surface area contributed by atoms with Crippen LogP contribution in [0.4, 0.5) is 0 Å². The maximum atomic E-state index is 4.71. The molecule has 0 atom stereocenters. The fourth-order valence-corrected chi connectivity index (χ4v) is 3.38. The fourth-order valence-electron chi connectivity index (χ4n) is 2.37. The SMILES string of the molecule is C(#Cc1ccc2nc(-c3ccccc3)sc2c1)c1ccccc1. The number of fused-ring (bicyclic) bond motifs is 1. The second-order valence-electron chi connectivity index (χ2n) is 5.18. The molecule has 108 valence electrons. The minimum atomic E-state index is 1.02. The Hall–Kier alpha value is -2.89. The van der Waals surface area contributed by atoms with E-state index in [9.17, 15) is 0 Å². The Morgan fingerprint density at radius 3 is 2.17 bits per heavy atom. The quantitative estimate of drug-likeness (QED) is 0.431. The average Bonchev–Trinajstić information content (AvgIpc) is 3.05. The first-order chi connectivity index (χ1) is 11.4. The molecule has 0 fully saturated rings. The molecule has 0 saturated heterocycles. The molecule has 1 aromatic heterocycles. The largest absolute Gasteiger partial charge is 0.236 e. The predicted molar refractivity (Wildman–Crippen MR) is 97.5 cm³/mol. The number of hydrogen-bond donors (Lipinski definition) is 0. The molecule has 4 aromatic rings. The van der Waals surface area contributed by atoms with Crippen molar-refractivity contribution in [2.75, 3.05) is 0 Å². The van der Waals surface area contributed by atoms with E-state index in [0.717, 1.165) is 27.2 Å². The van der Waals surface area contributed by atoms with Gasteiger partial charge in [-0.2, -0.15) is 0 Å². The van der Waals surface area contributed by atoms with Gasteiger partial charge < -0.3 is 0 Å². The summed E-state index contributed by atoms with van der Waals surface area (Å²) in [7, 11) is 0. The van der Waals surface area contributed by atoms with E-state index >= 15 is 0 Å². The number of thiazole rings is 1. The van der Waals surface area contributed by atoms with Crippen LogP contribution in [0, 0.1) is 11.8 Å². The van der Waals surface area contributed by atoms with E-state index in [0.29, 0.717) is 0 Å². The van der Waals surface area contributed by atoms with Crippen LogP contribution in [0.2, 0.25) is 0 Å². The highest BCUT2D eigenvalue weighted by Crippen LogP contribution is 2.30. The third-order valence-electron chi connectivity index (χ3n) is 3.53. The molecule has 3 aromatic carbocycles. The van der Waals surface area contributed by atoms with Crippen molar-refractivity contribution in [3.63, 3.8) is 0 Å². The topological polar surface area (TPSA) is 12.9 Å². The van der Waals surface area contributed by atoms with Crippen LogP contribution in [0.15, 0.2) is 78.9 Å². The first-order valence-corrected chi connectivity index (χ1v) is 8.23. The summed E-state index contributed by atoms with van der Waals surface area (Å²) in [6.45, 7) is 0. The minimum absolute atomic E-state index is 1.02. The lowest BCUT2D eigenvalue weighted by molar-refractivity contribution is 1.47. The van der Waals surface area contributed by atoms with Gasteiger partial charge >= 0.3 is 0 Å². The lowest BCUT2D eigenvalue weighted by Gasteiger charge is -1.92. The maximum absolute atomic E-state index is 4.71. The molecule has 0 spiro atoms. The highest BCUT2D eigenvalue weighted by molar-refractivity contribution is 7.21. The van der Waals surface area contributed by atoms with Crippen LogP contribution in [-0.2, 0) is 0 Å². The van der Waals surface area contributed by atoms with Crippen molar-refractivity contribution in [1.29, 1.82) is 0 Å². The standard InChI is InChI=1S/C21H13NS/c1-3-7-16(8-4-1)11-12-17-13-14-19-20(15-17)23-21(22-19)18-9-5-2-6-10-18/h1-10,13-15H. The zero-order valence-electron chi connectivity index (χ0n) is 12.4. The van der Waals surface area contributed by atoms with Gasteiger partial charge in [0.2, 0.25) is 0 Å². The molecule has 0 amide bonds. The molecule has 1 heterocycles. The highest BCUT2D eigenvalue weighted by atomic mass is 32.1. The Morgan fingerprint density at radius 2 is 1.39 bits per heavy atom. The summed E-state index contributed by atoms with van der Waals surface area (Å²) in [4.78, 5) is 4.71. The predicted octanol–water partition coefficient (Wildman–Crippen LogP) is 5.36. The second kappa shape index (κ2) is 6.08. The zero-order valence-corrected chi connectivity index (χ0v) is 13.2. The molecule has 2 heteroatoms. The Morgan fingerprint density at radius 1 is 0.696 bits per heavy atom. The van der Waals surface area contributed by atoms with Gasteiger partial charge in [-0.05, 0) is 30.3 Å². The van der Waals surface area contributed by atoms with Crippen molar-refractivity contribution in [2.24, 2.45) is 0 Å². The maximum Gasteiger partial charge on any atom is 0.124 e. The summed E-state index contributed by atoms with van der Waals surface area (Å²) in [5.41, 5.74) is 4.23. The van der Waals surface area contributed by atoms with E-state index in [-0.39, 0.29) is 0 Å². The Kier molecular flexibility index (Phi) is 3.63. The van der Waals surface area contributed by atoms with Crippen LogP contribution in [0.5, 0.6) is 0 Å². The van der Waals surface area contributed by atoms with Crippen molar-refractivity contribution in [1.82, 2.24) is 4.98 Å². The number of nitrogens with zero attached hydrogens (tertiary/aromatic N) is 1. The van der Waals surface area contributed by atoms with Crippen molar-refractivity contribution >= 4 is 21.6 Å². The first-order valence-electron chi connectivity index (χ1n) is 7.41. The van der Waals surface area contributed by atoms with E-state index in [1.54, 1.807) is 11.3 Å². The van der Waals surface area contributed by atoms with E-state index in [2.05, 4.69) is 30.0 Å². The summed E-state index contributed by atoms with van der Waals surface area (Å²) < 4.78 is 1.17. The van der Waals surface area contributed by atoms with Crippen LogP contribution in [0.3, 0.4) is 0 Å². The van der Waals surface area contributed by atoms with E-state index in [1.165, 1.54) is 4.70 Å². The van der Waals surface area contributed by atoms with Crippen molar-refractivity contribution in [2.45, 2.75) is 0 Å². The van der Waals surface area contributed by atoms with Gasteiger partial charge in [0.25, 0.3) is 0 Å². The van der Waals surface area contributed by atoms with Crippen LogP contribution in [0.25, 0.3) is 20.8 Å². The van der Waals surface area contributed by atoms with Gasteiger partial charge in [-0.3, -0.25) is 0 Å². The van der Waals surface area contributed by atoms with Gasteiger partial charge in [0.05, 0.1) is 10.2 Å². The van der Waals surface area contributed by atoms with Gasteiger partial charge in [0, 0.05) is 16.7 Å². The molecule has 0 aliphatic carbocycles. The summed E-state index contributed by atoms with van der Waals surface area (Å²) in [5, 5.41) is 1.05. The molecule has 0 saturated carbocycles. The Labute approximate surface area is 139 Å². The molecular weight excluding hydrogens is 298 g/mol. The summed E-state index contributed by atoms with van der Waals surface area (Å²) in [5.74, 6) is 6.43. The van der Waals surface area contributed by atoms with Crippen molar-refractivity contribution in [3.8, 4) is 22.4 Å². The molecule has 1 nitrogen and oxygen atoms in total. The summed E-state index contributed by atoms with van der Waals surface area (Å²) in [6.07, 6.45) is 0. The Bertz CT molecular complexity index is 1010. The van der Waals surface area contributed by atoms with Crippen LogP contribution in [-0.4, -0.2) is 4.98 Å². The number of benzene rings is 3. The van der Waals surface area contributed by atoms with Gasteiger partial charge in [0.15, 0.2) is 0 Å². The number of rotatable bonds is 1. The fraction of sp³-hybridized carbons (Fsp3) is 0. The number of aromatic nitrogens is 1. The van der Waals surface area contributed by atoms with Crippen molar-refractivity contribution in [3.05, 3.63) is 90.0 Å². The molecule has 0 bridgehead atoms. The van der Waals surface area contributed by atoms with E-state index in [4.69, 9.17) is 4.98 Å². The average molecular weight is 311 g/mol. The zero-order chi connectivity index (χ0) is 15.5.